The van der Waals surface area contributed by atoms with Gasteiger partial charge in [-0.3, -0.25) is 0 Å². The molecular weight excluding hydrogens is 324 g/mol. The zero-order valence-electron chi connectivity index (χ0n) is 13.7. The molecule has 23 heavy (non-hydrogen) atoms. The molecule has 0 atom stereocenters. The smallest absolute Gasteiger partial charge is 0.408 e. The topological polar surface area (TPSA) is 123 Å². The molecule has 1 amide bonds. The van der Waals surface area contributed by atoms with Gasteiger partial charge in [0, 0.05) is 0 Å². The zero-order chi connectivity index (χ0) is 17.3. The zero-order valence-corrected chi connectivity index (χ0v) is 14.5. The van der Waals surface area contributed by atoms with Gasteiger partial charge in [-0.2, -0.15) is 4.98 Å². The number of nitrogens with one attached hydrogen (secondary N) is 2. The molecule has 130 valence electrons. The molecule has 1 aliphatic rings. The van der Waals surface area contributed by atoms with Gasteiger partial charge in [-0.05, 0) is 40.0 Å². The van der Waals surface area contributed by atoms with E-state index in [1.807, 2.05) is 0 Å². The van der Waals surface area contributed by atoms with E-state index >= 15 is 0 Å². The number of hydrogen-bond donors (Lipinski definition) is 2. The lowest BCUT2D eigenvalue weighted by molar-refractivity contribution is 0.0362. The van der Waals surface area contributed by atoms with Gasteiger partial charge in [0.05, 0.1) is 12.8 Å². The molecule has 2 rings (SSSR count). The van der Waals surface area contributed by atoms with Gasteiger partial charge in [0.2, 0.25) is 15.9 Å². The van der Waals surface area contributed by atoms with Crippen LogP contribution in [-0.4, -0.2) is 36.5 Å². The lowest BCUT2D eigenvalue weighted by atomic mass is 9.76. The van der Waals surface area contributed by atoms with Crippen LogP contribution in [-0.2, 0) is 26.8 Å². The van der Waals surface area contributed by atoms with Gasteiger partial charge in [0.25, 0.3) is 0 Å². The maximum Gasteiger partial charge on any atom is 0.408 e. The van der Waals surface area contributed by atoms with Crippen LogP contribution in [0, 0.1) is 0 Å². The number of carbonyl (C=O) groups excluding carboxylic acids is 1. The van der Waals surface area contributed by atoms with E-state index in [1.54, 1.807) is 20.8 Å². The van der Waals surface area contributed by atoms with E-state index in [9.17, 15) is 13.2 Å². The molecule has 2 N–H and O–H groups in total. The monoisotopic (exact) mass is 346 g/mol. The molecule has 1 aromatic rings. The molecule has 0 unspecified atom stereocenters. The fourth-order valence-electron chi connectivity index (χ4n) is 2.15. The van der Waals surface area contributed by atoms with Crippen molar-refractivity contribution in [3.8, 4) is 0 Å². The van der Waals surface area contributed by atoms with E-state index in [-0.39, 0.29) is 12.4 Å². The van der Waals surface area contributed by atoms with Crippen LogP contribution in [0.5, 0.6) is 0 Å². The number of aromatic nitrogens is 2. The predicted octanol–water partition coefficient (Wildman–Crippen LogP) is 1.02. The number of amides is 1. The average molecular weight is 346 g/mol. The number of nitrogens with zero attached hydrogens (tertiary/aromatic N) is 2. The molecule has 0 bridgehead atoms. The third-order valence-corrected chi connectivity index (χ3v) is 4.00. The fraction of sp³-hybridized carbons (Fsp3) is 0.769. The summed E-state index contributed by atoms with van der Waals surface area (Å²) in [6, 6.07) is 0. The third-order valence-electron chi connectivity index (χ3n) is 3.33. The predicted molar refractivity (Wildman–Crippen MR) is 80.9 cm³/mol. The first kappa shape index (κ1) is 17.7. The molecule has 9 nitrogen and oxygen atoms in total. The third kappa shape index (κ3) is 4.90. The van der Waals surface area contributed by atoms with Gasteiger partial charge < -0.3 is 14.6 Å². The minimum absolute atomic E-state index is 0.0889. The largest absolute Gasteiger partial charge is 0.444 e. The van der Waals surface area contributed by atoms with Crippen molar-refractivity contribution in [2.75, 3.05) is 6.26 Å². The molecule has 1 saturated carbocycles. The minimum atomic E-state index is -3.35. The molecule has 1 fully saturated rings. The number of hydrogen-bond acceptors (Lipinski definition) is 7. The SMILES string of the molecule is CC(C)(C)OC(=O)NC1(c2noc(CNS(C)(=O)=O)n2)CCC1. The van der Waals surface area contributed by atoms with E-state index in [0.29, 0.717) is 18.7 Å². The summed E-state index contributed by atoms with van der Waals surface area (Å²) in [7, 11) is -3.35. The fourth-order valence-corrected chi connectivity index (χ4v) is 2.53. The Labute approximate surface area is 135 Å². The van der Waals surface area contributed by atoms with Crippen molar-refractivity contribution < 1.29 is 22.5 Å². The summed E-state index contributed by atoms with van der Waals surface area (Å²) < 4.78 is 34.7. The van der Waals surface area contributed by atoms with Crippen molar-refractivity contribution >= 4 is 16.1 Å². The van der Waals surface area contributed by atoms with Crippen LogP contribution in [0.2, 0.25) is 0 Å². The van der Waals surface area contributed by atoms with E-state index in [1.165, 1.54) is 0 Å². The highest BCUT2D eigenvalue weighted by Gasteiger charge is 2.45. The van der Waals surface area contributed by atoms with Crippen LogP contribution in [0.1, 0.15) is 51.7 Å². The summed E-state index contributed by atoms with van der Waals surface area (Å²) in [5.74, 6) is 0.475. The molecule has 1 aromatic heterocycles. The Hall–Kier alpha value is -1.68. The Morgan fingerprint density at radius 1 is 1.39 bits per heavy atom. The summed E-state index contributed by atoms with van der Waals surface area (Å²) in [6.07, 6.45) is 2.76. The lowest BCUT2D eigenvalue weighted by Crippen LogP contribution is -2.52. The van der Waals surface area contributed by atoms with E-state index in [4.69, 9.17) is 9.26 Å². The number of alkyl carbamates (subject to hydrolysis) is 1. The summed E-state index contributed by atoms with van der Waals surface area (Å²) in [5.41, 5.74) is -1.31. The quantitative estimate of drug-likeness (QED) is 0.816. The van der Waals surface area contributed by atoms with Crippen LogP contribution in [0.3, 0.4) is 0 Å². The van der Waals surface area contributed by atoms with E-state index in [2.05, 4.69) is 20.2 Å². The van der Waals surface area contributed by atoms with Gasteiger partial charge >= 0.3 is 6.09 Å². The van der Waals surface area contributed by atoms with Gasteiger partial charge in [0.15, 0.2) is 5.82 Å². The first-order valence-electron chi connectivity index (χ1n) is 7.28. The van der Waals surface area contributed by atoms with Gasteiger partial charge in [-0.15, -0.1) is 0 Å². The van der Waals surface area contributed by atoms with Crippen LogP contribution in [0.15, 0.2) is 4.52 Å². The minimum Gasteiger partial charge on any atom is -0.444 e. The molecule has 0 aliphatic heterocycles. The normalized spacial score (nSPS) is 17.4. The summed E-state index contributed by atoms with van der Waals surface area (Å²) in [6.45, 7) is 5.25. The highest BCUT2D eigenvalue weighted by atomic mass is 32.2. The van der Waals surface area contributed by atoms with Crippen molar-refractivity contribution in [2.45, 2.75) is 57.7 Å². The molecule has 1 aliphatic carbocycles. The molecule has 10 heteroatoms. The van der Waals surface area contributed by atoms with Crippen molar-refractivity contribution in [1.29, 1.82) is 0 Å². The molecule has 1 heterocycles. The van der Waals surface area contributed by atoms with Crippen LogP contribution < -0.4 is 10.0 Å². The van der Waals surface area contributed by atoms with Crippen molar-refractivity contribution in [3.63, 3.8) is 0 Å². The molecular formula is C13H22N4O5S. The number of carbonyl (C=O) groups is 1. The van der Waals surface area contributed by atoms with Crippen molar-refractivity contribution in [1.82, 2.24) is 20.2 Å². The number of sulfonamides is 1. The maximum absolute atomic E-state index is 12.0. The van der Waals surface area contributed by atoms with E-state index in [0.717, 1.165) is 12.7 Å². The van der Waals surface area contributed by atoms with Crippen LogP contribution in [0.4, 0.5) is 4.79 Å². The number of rotatable bonds is 5. The Morgan fingerprint density at radius 3 is 2.52 bits per heavy atom. The van der Waals surface area contributed by atoms with Gasteiger partial charge in [-0.1, -0.05) is 5.16 Å². The summed E-state index contributed by atoms with van der Waals surface area (Å²) in [4.78, 5) is 16.2. The summed E-state index contributed by atoms with van der Waals surface area (Å²) in [5, 5.41) is 6.67. The second-order valence-electron chi connectivity index (χ2n) is 6.67. The second kappa shape index (κ2) is 6.08. The van der Waals surface area contributed by atoms with Crippen LogP contribution >= 0.6 is 0 Å². The first-order valence-corrected chi connectivity index (χ1v) is 9.17. The highest BCUT2D eigenvalue weighted by molar-refractivity contribution is 7.88. The summed E-state index contributed by atoms with van der Waals surface area (Å²) >= 11 is 0. The maximum atomic E-state index is 12.0. The Balaban J connectivity index is 2.06. The van der Waals surface area contributed by atoms with E-state index < -0.39 is 27.3 Å². The number of ether oxygens (including phenoxy) is 1. The van der Waals surface area contributed by atoms with Gasteiger partial charge in [0.1, 0.15) is 11.1 Å². The molecule has 0 spiro atoms. The van der Waals surface area contributed by atoms with Crippen molar-refractivity contribution in [2.24, 2.45) is 0 Å². The standard InChI is InChI=1S/C13H22N4O5S/c1-12(2,3)21-11(18)16-13(6-5-7-13)10-15-9(22-17-10)8-14-23(4,19)20/h14H,5-8H2,1-4H3,(H,16,18). The molecule has 0 aromatic carbocycles. The average Bonchev–Trinajstić information content (AvgIpc) is 2.77. The van der Waals surface area contributed by atoms with Crippen LogP contribution in [0.25, 0.3) is 0 Å². The van der Waals surface area contributed by atoms with Gasteiger partial charge in [-0.25, -0.2) is 17.9 Å². The first-order chi connectivity index (χ1) is 10.5. The molecule has 0 radical (unpaired) electrons. The Morgan fingerprint density at radius 2 is 2.04 bits per heavy atom. The second-order valence-corrected chi connectivity index (χ2v) is 8.50. The Bertz CT molecular complexity index is 673. The lowest BCUT2D eigenvalue weighted by Gasteiger charge is -2.39. The Kier molecular flexibility index (Phi) is 4.67. The van der Waals surface area contributed by atoms with Crippen molar-refractivity contribution in [3.05, 3.63) is 11.7 Å². The molecule has 0 saturated heterocycles. The highest BCUT2D eigenvalue weighted by Crippen LogP contribution is 2.40.